The van der Waals surface area contributed by atoms with Crippen molar-refractivity contribution in [2.45, 2.75) is 24.7 Å². The Balaban J connectivity index is 2.73. The summed E-state index contributed by atoms with van der Waals surface area (Å²) in [6.45, 7) is 2.60. The minimum absolute atomic E-state index is 0.0179. The highest BCUT2D eigenvalue weighted by Crippen LogP contribution is 2.29. The molecule has 0 saturated heterocycles. The molecule has 94 valence electrons. The molecule has 3 nitrogen and oxygen atoms in total. The number of thioether (sulfide) groups is 1. The number of amides is 1. The molecule has 0 aliphatic rings. The smallest absolute Gasteiger partial charge is 0.224 e. The molecule has 0 aliphatic heterocycles. The van der Waals surface area contributed by atoms with E-state index in [1.54, 1.807) is 17.8 Å². The number of nitrogens with two attached hydrogens (primary N) is 1. The average Bonchev–Trinajstić information content (AvgIpc) is 2.30. The van der Waals surface area contributed by atoms with Gasteiger partial charge in [-0.3, -0.25) is 4.79 Å². The first-order valence-electron chi connectivity index (χ1n) is 5.59. The number of halogens is 1. The molecular formula is C12H17ClN2OS. The lowest BCUT2D eigenvalue weighted by Crippen LogP contribution is -2.13. The van der Waals surface area contributed by atoms with Crippen molar-refractivity contribution in [3.05, 3.63) is 23.2 Å². The van der Waals surface area contributed by atoms with Crippen LogP contribution in [-0.4, -0.2) is 18.2 Å². The number of rotatable bonds is 6. The Morgan fingerprint density at radius 2 is 2.29 bits per heavy atom. The van der Waals surface area contributed by atoms with Crippen LogP contribution >= 0.6 is 23.4 Å². The first-order chi connectivity index (χ1) is 8.17. The van der Waals surface area contributed by atoms with E-state index < -0.39 is 0 Å². The van der Waals surface area contributed by atoms with Gasteiger partial charge in [0.1, 0.15) is 0 Å². The van der Waals surface area contributed by atoms with Gasteiger partial charge in [-0.05, 0) is 36.9 Å². The fourth-order valence-electron chi connectivity index (χ4n) is 1.36. The monoisotopic (exact) mass is 272 g/mol. The van der Waals surface area contributed by atoms with Crippen molar-refractivity contribution in [2.75, 3.05) is 17.6 Å². The number of hydrogen-bond acceptors (Lipinski definition) is 3. The van der Waals surface area contributed by atoms with Crippen molar-refractivity contribution in [1.82, 2.24) is 0 Å². The summed E-state index contributed by atoms with van der Waals surface area (Å²) in [5.74, 6) is 0.934. The van der Waals surface area contributed by atoms with Crippen molar-refractivity contribution in [3.8, 4) is 0 Å². The summed E-state index contributed by atoms with van der Waals surface area (Å²) in [6.07, 6.45) is 1.14. The molecule has 1 amide bonds. The minimum Gasteiger partial charge on any atom is -0.330 e. The zero-order valence-corrected chi connectivity index (χ0v) is 11.4. The second-order valence-corrected chi connectivity index (χ2v) is 5.26. The summed E-state index contributed by atoms with van der Waals surface area (Å²) in [5.41, 5.74) is 6.15. The quantitative estimate of drug-likeness (QED) is 0.783. The van der Waals surface area contributed by atoms with Gasteiger partial charge in [0.05, 0.1) is 5.69 Å². The van der Waals surface area contributed by atoms with E-state index >= 15 is 0 Å². The van der Waals surface area contributed by atoms with Crippen LogP contribution in [0.1, 0.15) is 19.8 Å². The Hall–Kier alpha value is -0.710. The molecule has 0 aliphatic carbocycles. The Labute approximate surface area is 111 Å². The van der Waals surface area contributed by atoms with Crippen molar-refractivity contribution in [2.24, 2.45) is 5.73 Å². The van der Waals surface area contributed by atoms with Crippen LogP contribution in [0.3, 0.4) is 0 Å². The number of carbonyl (C=O) groups is 1. The maximum atomic E-state index is 11.6. The Kier molecular flexibility index (Phi) is 6.40. The Bertz CT molecular complexity index is 385. The van der Waals surface area contributed by atoms with Crippen molar-refractivity contribution in [3.63, 3.8) is 0 Å². The third-order valence-electron chi connectivity index (χ3n) is 2.12. The van der Waals surface area contributed by atoms with Crippen LogP contribution in [0.2, 0.25) is 5.02 Å². The van der Waals surface area contributed by atoms with Gasteiger partial charge in [0.15, 0.2) is 0 Å². The predicted octanol–water partition coefficient (Wildman–Crippen LogP) is 3.13. The second kappa shape index (κ2) is 7.58. The normalized spacial score (nSPS) is 10.3. The van der Waals surface area contributed by atoms with E-state index in [1.165, 1.54) is 0 Å². The number of hydrogen-bond donors (Lipinski definition) is 2. The van der Waals surface area contributed by atoms with Crippen molar-refractivity contribution < 1.29 is 4.79 Å². The fraction of sp³-hybridized carbons (Fsp3) is 0.417. The molecule has 0 radical (unpaired) electrons. The molecule has 1 aromatic carbocycles. The molecule has 0 fully saturated rings. The van der Waals surface area contributed by atoms with Crippen LogP contribution in [0.25, 0.3) is 0 Å². The first kappa shape index (κ1) is 14.4. The van der Waals surface area contributed by atoms with Gasteiger partial charge in [-0.2, -0.15) is 0 Å². The van der Waals surface area contributed by atoms with Crippen LogP contribution in [0, 0.1) is 0 Å². The van der Waals surface area contributed by atoms with Crippen molar-refractivity contribution >= 4 is 35.0 Å². The van der Waals surface area contributed by atoms with E-state index in [9.17, 15) is 4.79 Å². The van der Waals surface area contributed by atoms with E-state index in [-0.39, 0.29) is 5.91 Å². The van der Waals surface area contributed by atoms with Crippen LogP contribution < -0.4 is 11.1 Å². The Morgan fingerprint density at radius 3 is 2.94 bits per heavy atom. The number of carbonyl (C=O) groups excluding carboxylic acids is 1. The highest BCUT2D eigenvalue weighted by atomic mass is 35.5. The highest BCUT2D eigenvalue weighted by molar-refractivity contribution is 7.99. The van der Waals surface area contributed by atoms with Crippen LogP contribution in [0.5, 0.6) is 0 Å². The van der Waals surface area contributed by atoms with E-state index in [2.05, 4.69) is 12.2 Å². The second-order valence-electron chi connectivity index (χ2n) is 3.51. The number of benzene rings is 1. The van der Waals surface area contributed by atoms with Gasteiger partial charge in [-0.25, -0.2) is 0 Å². The molecule has 0 unspecified atom stereocenters. The van der Waals surface area contributed by atoms with E-state index in [1.807, 2.05) is 12.1 Å². The van der Waals surface area contributed by atoms with Gasteiger partial charge < -0.3 is 11.1 Å². The summed E-state index contributed by atoms with van der Waals surface area (Å²) in [4.78, 5) is 12.7. The molecule has 0 aromatic heterocycles. The lowest BCUT2D eigenvalue weighted by molar-refractivity contribution is -0.116. The van der Waals surface area contributed by atoms with Gasteiger partial charge in [-0.15, -0.1) is 11.8 Å². The molecule has 0 saturated carbocycles. The minimum atomic E-state index is -0.0179. The van der Waals surface area contributed by atoms with E-state index in [0.29, 0.717) is 24.4 Å². The molecule has 0 spiro atoms. The van der Waals surface area contributed by atoms with Gasteiger partial charge >= 0.3 is 0 Å². The zero-order valence-electron chi connectivity index (χ0n) is 9.83. The third-order valence-corrected chi connectivity index (χ3v) is 3.31. The van der Waals surface area contributed by atoms with Crippen LogP contribution in [0.4, 0.5) is 5.69 Å². The predicted molar refractivity (Wildman–Crippen MR) is 74.8 cm³/mol. The summed E-state index contributed by atoms with van der Waals surface area (Å²) in [7, 11) is 0. The molecule has 5 heteroatoms. The summed E-state index contributed by atoms with van der Waals surface area (Å²) in [5, 5.41) is 3.50. The first-order valence-corrected chi connectivity index (χ1v) is 6.96. The third kappa shape index (κ3) is 4.98. The molecule has 0 heterocycles. The zero-order chi connectivity index (χ0) is 12.7. The lowest BCUT2D eigenvalue weighted by Gasteiger charge is -2.10. The average molecular weight is 273 g/mol. The molecule has 0 atom stereocenters. The number of anilines is 1. The largest absolute Gasteiger partial charge is 0.330 e. The Morgan fingerprint density at radius 1 is 1.53 bits per heavy atom. The highest BCUT2D eigenvalue weighted by Gasteiger charge is 2.07. The van der Waals surface area contributed by atoms with Gasteiger partial charge in [0.25, 0.3) is 0 Å². The van der Waals surface area contributed by atoms with Crippen LogP contribution in [-0.2, 0) is 4.79 Å². The van der Waals surface area contributed by atoms with Gasteiger partial charge in [-0.1, -0.05) is 18.5 Å². The summed E-state index contributed by atoms with van der Waals surface area (Å²) >= 11 is 7.60. The standard InChI is InChI=1S/C12H17ClN2OS/c1-2-17-11-6-5-9(13)8-10(11)15-12(16)4-3-7-14/h5-6,8H,2-4,7,14H2,1H3,(H,15,16). The molecule has 17 heavy (non-hydrogen) atoms. The van der Waals surface area contributed by atoms with E-state index in [4.69, 9.17) is 17.3 Å². The maximum absolute atomic E-state index is 11.6. The van der Waals surface area contributed by atoms with Crippen molar-refractivity contribution in [1.29, 1.82) is 0 Å². The lowest BCUT2D eigenvalue weighted by atomic mass is 10.2. The molecule has 0 bridgehead atoms. The molecule has 1 rings (SSSR count). The summed E-state index contributed by atoms with van der Waals surface area (Å²) < 4.78 is 0. The molecule has 3 N–H and O–H groups in total. The number of nitrogens with one attached hydrogen (secondary N) is 1. The van der Waals surface area contributed by atoms with Crippen LogP contribution in [0.15, 0.2) is 23.1 Å². The topological polar surface area (TPSA) is 55.1 Å². The van der Waals surface area contributed by atoms with E-state index in [0.717, 1.165) is 16.3 Å². The summed E-state index contributed by atoms with van der Waals surface area (Å²) in [6, 6.07) is 5.53. The maximum Gasteiger partial charge on any atom is 0.224 e. The molecule has 1 aromatic rings. The molecular weight excluding hydrogens is 256 g/mol. The SMILES string of the molecule is CCSc1ccc(Cl)cc1NC(=O)CCCN. The van der Waals surface area contributed by atoms with Gasteiger partial charge in [0, 0.05) is 16.3 Å². The van der Waals surface area contributed by atoms with Gasteiger partial charge in [0.2, 0.25) is 5.91 Å². The fourth-order valence-corrected chi connectivity index (χ4v) is 2.27.